The molecule has 0 aliphatic carbocycles. The van der Waals surface area contributed by atoms with Crippen LogP contribution in [0.5, 0.6) is 0 Å². The molecule has 2 atom stereocenters. The van der Waals surface area contributed by atoms with E-state index in [0.29, 0.717) is 12.0 Å². The summed E-state index contributed by atoms with van der Waals surface area (Å²) in [5, 5.41) is 0. The molecule has 0 aromatic carbocycles. The molecule has 2 nitrogen and oxygen atoms in total. The van der Waals surface area contributed by atoms with E-state index in [4.69, 9.17) is 0 Å². The van der Waals surface area contributed by atoms with Gasteiger partial charge in [0.05, 0.1) is 12.0 Å². The Morgan fingerprint density at radius 1 is 0.559 bits per heavy atom. The van der Waals surface area contributed by atoms with Crippen LogP contribution in [-0.4, -0.2) is 4.98 Å². The highest BCUT2D eigenvalue weighted by Crippen LogP contribution is 2.27. The molecule has 34 heavy (non-hydrogen) atoms. The predicted octanol–water partition coefficient (Wildman–Crippen LogP) is 11.0. The molecule has 2 heteroatoms. The molecule has 1 N–H and O–H groups in total. The standard InChI is InChI=1S/C32H62N2/c1-5-8-11-14-16-17-19-21-24-27-31(26-23-20-18-15-12-9-6-2)32-33-28-29-34(32)30(4)25-22-13-10-7-3/h28-31H,5-27H2,1-4H3/p+1. The molecule has 1 aromatic heterocycles. The average Bonchev–Trinajstić information content (AvgIpc) is 3.33. The molecule has 0 aliphatic rings. The van der Waals surface area contributed by atoms with E-state index in [9.17, 15) is 0 Å². The molecule has 2 unspecified atom stereocenters. The number of hydrogen-bond acceptors (Lipinski definition) is 0. The van der Waals surface area contributed by atoms with E-state index < -0.39 is 0 Å². The summed E-state index contributed by atoms with van der Waals surface area (Å²) < 4.78 is 2.60. The van der Waals surface area contributed by atoms with Gasteiger partial charge in [0.1, 0.15) is 12.4 Å². The van der Waals surface area contributed by atoms with Crippen molar-refractivity contribution in [1.82, 2.24) is 4.98 Å². The van der Waals surface area contributed by atoms with Gasteiger partial charge in [-0.15, -0.1) is 0 Å². The van der Waals surface area contributed by atoms with Crippen LogP contribution in [0.3, 0.4) is 0 Å². The minimum atomic E-state index is 0.623. The summed E-state index contributed by atoms with van der Waals surface area (Å²) in [5.74, 6) is 2.24. The van der Waals surface area contributed by atoms with Crippen LogP contribution in [0.2, 0.25) is 0 Å². The summed E-state index contributed by atoms with van der Waals surface area (Å²) >= 11 is 0. The minimum Gasteiger partial charge on any atom is -0.247 e. The highest BCUT2D eigenvalue weighted by Gasteiger charge is 2.25. The van der Waals surface area contributed by atoms with Gasteiger partial charge >= 0.3 is 0 Å². The van der Waals surface area contributed by atoms with Gasteiger partial charge in [0, 0.05) is 0 Å². The largest absolute Gasteiger partial charge is 0.257 e. The lowest BCUT2D eigenvalue weighted by atomic mass is 9.92. The zero-order chi connectivity index (χ0) is 24.7. The summed E-state index contributed by atoms with van der Waals surface area (Å²) in [6, 6.07) is 0.623. The molecule has 0 spiro atoms. The van der Waals surface area contributed by atoms with Gasteiger partial charge in [0.15, 0.2) is 0 Å². The van der Waals surface area contributed by atoms with Gasteiger partial charge in [-0.05, 0) is 32.6 Å². The Morgan fingerprint density at radius 2 is 0.941 bits per heavy atom. The SMILES string of the molecule is CCCCCCCCCCCC(CCCCCCCCC)c1[nH]cc[n+]1C(C)CCCCCC. The summed E-state index contributed by atoms with van der Waals surface area (Å²) in [6.07, 6.45) is 36.8. The third kappa shape index (κ3) is 15.3. The van der Waals surface area contributed by atoms with Gasteiger partial charge in [-0.3, -0.25) is 0 Å². The van der Waals surface area contributed by atoms with E-state index in [2.05, 4.69) is 49.6 Å². The number of nitrogens with one attached hydrogen (secondary N) is 1. The van der Waals surface area contributed by atoms with Crippen LogP contribution < -0.4 is 4.57 Å². The summed E-state index contributed by atoms with van der Waals surface area (Å²) in [4.78, 5) is 3.70. The Bertz CT molecular complexity index is 535. The first-order chi connectivity index (χ1) is 16.7. The summed E-state index contributed by atoms with van der Waals surface area (Å²) in [5.41, 5.74) is 0. The van der Waals surface area contributed by atoms with Crippen LogP contribution in [0.4, 0.5) is 0 Å². The third-order valence-corrected chi connectivity index (χ3v) is 7.89. The van der Waals surface area contributed by atoms with Crippen molar-refractivity contribution in [1.29, 1.82) is 0 Å². The van der Waals surface area contributed by atoms with E-state index in [-0.39, 0.29) is 0 Å². The quantitative estimate of drug-likeness (QED) is 0.107. The van der Waals surface area contributed by atoms with Crippen LogP contribution in [0.25, 0.3) is 0 Å². The first-order valence-corrected chi connectivity index (χ1v) is 15.8. The number of aromatic nitrogens is 2. The van der Waals surface area contributed by atoms with Crippen molar-refractivity contribution >= 4 is 0 Å². The minimum absolute atomic E-state index is 0.623. The monoisotopic (exact) mass is 475 g/mol. The zero-order valence-electron chi connectivity index (χ0n) is 24.0. The maximum absolute atomic E-state index is 3.70. The fourth-order valence-corrected chi connectivity index (χ4v) is 5.54. The lowest BCUT2D eigenvalue weighted by Crippen LogP contribution is -2.41. The van der Waals surface area contributed by atoms with Gasteiger partial charge in [-0.2, -0.15) is 0 Å². The van der Waals surface area contributed by atoms with Crippen LogP contribution in [0, 0.1) is 0 Å². The fraction of sp³-hybridized carbons (Fsp3) is 0.906. The van der Waals surface area contributed by atoms with Gasteiger partial charge in [0.25, 0.3) is 5.82 Å². The van der Waals surface area contributed by atoms with Crippen LogP contribution >= 0.6 is 0 Å². The summed E-state index contributed by atoms with van der Waals surface area (Å²) in [6.45, 7) is 9.37. The zero-order valence-corrected chi connectivity index (χ0v) is 24.0. The Labute approximate surface area is 215 Å². The molecule has 0 amide bonds. The second-order valence-corrected chi connectivity index (χ2v) is 11.2. The van der Waals surface area contributed by atoms with Crippen molar-refractivity contribution in [2.75, 3.05) is 0 Å². The van der Waals surface area contributed by atoms with Crippen molar-refractivity contribution in [2.24, 2.45) is 0 Å². The molecular weight excluding hydrogens is 412 g/mol. The number of nitrogens with zero attached hydrogens (tertiary/aromatic N) is 1. The van der Waals surface area contributed by atoms with Crippen LogP contribution in [0.15, 0.2) is 12.4 Å². The number of rotatable bonds is 25. The van der Waals surface area contributed by atoms with Crippen LogP contribution in [0.1, 0.15) is 193 Å². The van der Waals surface area contributed by atoms with E-state index >= 15 is 0 Å². The Kier molecular flexibility index (Phi) is 20.8. The maximum Gasteiger partial charge on any atom is 0.257 e. The highest BCUT2D eigenvalue weighted by molar-refractivity contribution is 4.90. The van der Waals surface area contributed by atoms with E-state index in [1.54, 1.807) is 0 Å². The molecule has 0 saturated carbocycles. The smallest absolute Gasteiger partial charge is 0.247 e. The first kappa shape index (κ1) is 31.2. The number of unbranched alkanes of at least 4 members (excludes halogenated alkanes) is 17. The van der Waals surface area contributed by atoms with Gasteiger partial charge in [-0.1, -0.05) is 143 Å². The molecular formula is C32H63N2+. The van der Waals surface area contributed by atoms with E-state index in [1.165, 1.54) is 154 Å². The number of hydrogen-bond donors (Lipinski definition) is 1. The number of imidazole rings is 1. The lowest BCUT2D eigenvalue weighted by Gasteiger charge is -2.17. The first-order valence-electron chi connectivity index (χ1n) is 15.8. The molecule has 0 saturated heterocycles. The number of H-pyrrole nitrogens is 1. The van der Waals surface area contributed by atoms with Crippen molar-refractivity contribution in [3.8, 4) is 0 Å². The lowest BCUT2D eigenvalue weighted by molar-refractivity contribution is -0.727. The molecule has 0 bridgehead atoms. The van der Waals surface area contributed by atoms with Crippen molar-refractivity contribution in [3.05, 3.63) is 18.2 Å². The topological polar surface area (TPSA) is 19.7 Å². The fourth-order valence-electron chi connectivity index (χ4n) is 5.54. The maximum atomic E-state index is 3.70. The molecule has 0 fully saturated rings. The number of aromatic amines is 1. The summed E-state index contributed by atoms with van der Waals surface area (Å²) in [7, 11) is 0. The van der Waals surface area contributed by atoms with E-state index in [1.807, 2.05) is 0 Å². The normalized spacial score (nSPS) is 13.4. The average molecular weight is 476 g/mol. The molecule has 1 heterocycles. The van der Waals surface area contributed by atoms with Crippen molar-refractivity contribution in [3.63, 3.8) is 0 Å². The molecule has 0 aliphatic heterocycles. The van der Waals surface area contributed by atoms with Gasteiger partial charge < -0.3 is 0 Å². The molecule has 200 valence electrons. The Balaban J connectivity index is 2.50. The second kappa shape index (κ2) is 22.7. The highest BCUT2D eigenvalue weighted by atomic mass is 15.1. The predicted molar refractivity (Wildman–Crippen MR) is 152 cm³/mol. The second-order valence-electron chi connectivity index (χ2n) is 11.2. The van der Waals surface area contributed by atoms with Gasteiger partial charge in [0.2, 0.25) is 0 Å². The molecule has 1 rings (SSSR count). The van der Waals surface area contributed by atoms with E-state index in [0.717, 1.165) is 0 Å². The molecule has 0 radical (unpaired) electrons. The Hall–Kier alpha value is -0.790. The third-order valence-electron chi connectivity index (χ3n) is 7.89. The van der Waals surface area contributed by atoms with Crippen LogP contribution in [-0.2, 0) is 0 Å². The van der Waals surface area contributed by atoms with Gasteiger partial charge in [-0.25, -0.2) is 9.55 Å². The molecule has 1 aromatic rings. The van der Waals surface area contributed by atoms with Crippen molar-refractivity contribution < 1.29 is 4.57 Å². The van der Waals surface area contributed by atoms with Crippen molar-refractivity contribution in [2.45, 2.75) is 187 Å². The Morgan fingerprint density at radius 3 is 1.41 bits per heavy atom.